The molecule has 0 radical (unpaired) electrons. The summed E-state index contributed by atoms with van der Waals surface area (Å²) in [5, 5.41) is 0. The van der Waals surface area contributed by atoms with E-state index in [1.54, 1.807) is 12.1 Å². The van der Waals surface area contributed by atoms with Crippen LogP contribution in [0.25, 0.3) is 0 Å². The summed E-state index contributed by atoms with van der Waals surface area (Å²) in [5.74, 6) is 0.807. The minimum absolute atomic E-state index is 0.0281. The molecule has 1 saturated heterocycles. The highest BCUT2D eigenvalue weighted by Gasteiger charge is 2.27. The lowest BCUT2D eigenvalue weighted by Gasteiger charge is -2.26. The third-order valence-electron chi connectivity index (χ3n) is 4.39. The van der Waals surface area contributed by atoms with Crippen molar-refractivity contribution in [1.82, 2.24) is 4.31 Å². The summed E-state index contributed by atoms with van der Waals surface area (Å²) in [7, 11) is -4.74. The summed E-state index contributed by atoms with van der Waals surface area (Å²) in [6, 6.07) is 9.74. The van der Waals surface area contributed by atoms with Crippen LogP contribution in [-0.2, 0) is 24.8 Å². The molecule has 9 nitrogen and oxygen atoms in total. The van der Waals surface area contributed by atoms with E-state index < -0.39 is 20.0 Å². The lowest BCUT2D eigenvalue weighted by molar-refractivity contribution is 0.0730. The SMILES string of the molecule is COc1ccc(NS(=O)(=O)c2ccc(S(=O)(=O)N3CCOCC3)cc2)c(OC)c1. The van der Waals surface area contributed by atoms with Crippen molar-refractivity contribution in [2.24, 2.45) is 0 Å². The van der Waals surface area contributed by atoms with E-state index in [1.807, 2.05) is 0 Å². The van der Waals surface area contributed by atoms with E-state index in [9.17, 15) is 16.8 Å². The summed E-state index contributed by atoms with van der Waals surface area (Å²) in [6.07, 6.45) is 0. The van der Waals surface area contributed by atoms with E-state index in [4.69, 9.17) is 14.2 Å². The third-order valence-corrected chi connectivity index (χ3v) is 7.69. The van der Waals surface area contributed by atoms with Crippen molar-refractivity contribution in [1.29, 1.82) is 0 Å². The molecule has 1 aliphatic heterocycles. The Hall–Kier alpha value is -2.34. The maximum atomic E-state index is 12.7. The van der Waals surface area contributed by atoms with Crippen molar-refractivity contribution in [3.63, 3.8) is 0 Å². The van der Waals surface area contributed by atoms with Gasteiger partial charge in [-0.1, -0.05) is 0 Å². The zero-order valence-electron chi connectivity index (χ0n) is 16.0. The van der Waals surface area contributed by atoms with Gasteiger partial charge in [0.05, 0.1) is 42.9 Å². The Balaban J connectivity index is 1.83. The van der Waals surface area contributed by atoms with Crippen LogP contribution < -0.4 is 14.2 Å². The first-order valence-electron chi connectivity index (χ1n) is 8.71. The van der Waals surface area contributed by atoms with Crippen LogP contribution in [0.4, 0.5) is 5.69 Å². The Bertz CT molecular complexity index is 1060. The predicted octanol–water partition coefficient (Wildman–Crippen LogP) is 1.53. The molecule has 11 heteroatoms. The fourth-order valence-electron chi connectivity index (χ4n) is 2.81. The summed E-state index contributed by atoms with van der Waals surface area (Å²) in [5.41, 5.74) is 0.235. The highest BCUT2D eigenvalue weighted by atomic mass is 32.2. The van der Waals surface area contributed by atoms with Gasteiger partial charge in [-0.25, -0.2) is 16.8 Å². The van der Waals surface area contributed by atoms with Crippen molar-refractivity contribution in [2.45, 2.75) is 9.79 Å². The van der Waals surface area contributed by atoms with Crippen LogP contribution in [0, 0.1) is 0 Å². The lowest BCUT2D eigenvalue weighted by Crippen LogP contribution is -2.40. The minimum Gasteiger partial charge on any atom is -0.497 e. The molecule has 1 heterocycles. The van der Waals surface area contributed by atoms with E-state index in [2.05, 4.69) is 4.72 Å². The Morgan fingerprint density at radius 1 is 0.897 bits per heavy atom. The fourth-order valence-corrected chi connectivity index (χ4v) is 5.29. The molecule has 0 amide bonds. The van der Waals surface area contributed by atoms with Gasteiger partial charge in [0, 0.05) is 19.2 Å². The van der Waals surface area contributed by atoms with Crippen molar-refractivity contribution in [2.75, 3.05) is 45.2 Å². The number of hydrogen-bond acceptors (Lipinski definition) is 7. The molecular formula is C18H22N2O7S2. The molecule has 3 rings (SSSR count). The Kier molecular flexibility index (Phi) is 6.32. The topological polar surface area (TPSA) is 111 Å². The number of anilines is 1. The van der Waals surface area contributed by atoms with Gasteiger partial charge in [-0.15, -0.1) is 0 Å². The van der Waals surface area contributed by atoms with Gasteiger partial charge in [-0.2, -0.15) is 4.31 Å². The number of benzene rings is 2. The molecule has 0 unspecified atom stereocenters. The van der Waals surface area contributed by atoms with Gasteiger partial charge in [-0.3, -0.25) is 4.72 Å². The smallest absolute Gasteiger partial charge is 0.262 e. The normalized spacial score (nSPS) is 15.7. The molecule has 0 aromatic heterocycles. The van der Waals surface area contributed by atoms with E-state index >= 15 is 0 Å². The Labute approximate surface area is 170 Å². The second kappa shape index (κ2) is 8.57. The molecule has 0 saturated carbocycles. The molecule has 29 heavy (non-hydrogen) atoms. The number of nitrogens with one attached hydrogen (secondary N) is 1. The molecule has 1 aliphatic rings. The largest absolute Gasteiger partial charge is 0.497 e. The molecule has 158 valence electrons. The van der Waals surface area contributed by atoms with Gasteiger partial charge in [0.25, 0.3) is 10.0 Å². The van der Waals surface area contributed by atoms with Gasteiger partial charge < -0.3 is 14.2 Å². The number of morpholine rings is 1. The monoisotopic (exact) mass is 442 g/mol. The highest BCUT2D eigenvalue weighted by Crippen LogP contribution is 2.31. The minimum atomic E-state index is -3.95. The molecule has 2 aromatic carbocycles. The summed E-state index contributed by atoms with van der Waals surface area (Å²) < 4.78 is 70.0. The van der Waals surface area contributed by atoms with Crippen molar-refractivity contribution in [3.05, 3.63) is 42.5 Å². The predicted molar refractivity (Wildman–Crippen MR) is 106 cm³/mol. The number of rotatable bonds is 7. The molecule has 0 bridgehead atoms. The maximum absolute atomic E-state index is 12.7. The first-order chi connectivity index (χ1) is 13.8. The van der Waals surface area contributed by atoms with Crippen molar-refractivity contribution < 1.29 is 31.0 Å². The molecule has 1 fully saturated rings. The number of sulfonamides is 2. The van der Waals surface area contributed by atoms with Crippen molar-refractivity contribution >= 4 is 25.7 Å². The van der Waals surface area contributed by atoms with Crippen molar-refractivity contribution in [3.8, 4) is 11.5 Å². The van der Waals surface area contributed by atoms with E-state index in [1.165, 1.54) is 48.9 Å². The van der Waals surface area contributed by atoms with Crippen LogP contribution in [0.2, 0.25) is 0 Å². The van der Waals surface area contributed by atoms with Gasteiger partial charge in [0.1, 0.15) is 11.5 Å². The number of ether oxygens (including phenoxy) is 3. The van der Waals surface area contributed by atoms with Gasteiger partial charge in [0.2, 0.25) is 10.0 Å². The second-order valence-corrected chi connectivity index (χ2v) is 9.78. The number of nitrogens with zero attached hydrogens (tertiary/aromatic N) is 1. The quantitative estimate of drug-likeness (QED) is 0.692. The average Bonchev–Trinajstić information content (AvgIpc) is 2.74. The maximum Gasteiger partial charge on any atom is 0.262 e. The van der Waals surface area contributed by atoms with Crippen LogP contribution >= 0.6 is 0 Å². The second-order valence-electron chi connectivity index (χ2n) is 6.16. The van der Waals surface area contributed by atoms with Crippen LogP contribution in [0.5, 0.6) is 11.5 Å². The van der Waals surface area contributed by atoms with Crippen LogP contribution in [-0.4, -0.2) is 61.7 Å². The standard InChI is InChI=1S/C18H22N2O7S2/c1-25-14-3-8-17(18(13-14)26-2)19-28(21,22)15-4-6-16(7-5-15)29(23,24)20-9-11-27-12-10-20/h3-8,13,19H,9-12H2,1-2H3. The average molecular weight is 443 g/mol. The Morgan fingerprint density at radius 3 is 2.10 bits per heavy atom. The lowest BCUT2D eigenvalue weighted by atomic mass is 10.3. The first-order valence-corrected chi connectivity index (χ1v) is 11.6. The first kappa shape index (κ1) is 21.4. The molecule has 0 aliphatic carbocycles. The molecule has 1 N–H and O–H groups in total. The van der Waals surface area contributed by atoms with E-state index in [0.717, 1.165) is 0 Å². The molecular weight excluding hydrogens is 420 g/mol. The summed E-state index contributed by atoms with van der Waals surface area (Å²) in [6.45, 7) is 1.20. The molecule has 0 atom stereocenters. The van der Waals surface area contributed by atoms with Gasteiger partial charge in [0.15, 0.2) is 0 Å². The fraction of sp³-hybridized carbons (Fsp3) is 0.333. The van der Waals surface area contributed by atoms with E-state index in [-0.39, 0.29) is 28.6 Å². The Morgan fingerprint density at radius 2 is 1.52 bits per heavy atom. The third kappa shape index (κ3) is 4.64. The van der Waals surface area contributed by atoms with Crippen LogP contribution in [0.1, 0.15) is 0 Å². The number of hydrogen-bond donors (Lipinski definition) is 1. The van der Waals surface area contributed by atoms with Crippen LogP contribution in [0.3, 0.4) is 0 Å². The van der Waals surface area contributed by atoms with E-state index in [0.29, 0.717) is 24.7 Å². The van der Waals surface area contributed by atoms with Gasteiger partial charge in [-0.05, 0) is 36.4 Å². The highest BCUT2D eigenvalue weighted by molar-refractivity contribution is 7.92. The number of methoxy groups -OCH3 is 2. The molecule has 2 aromatic rings. The van der Waals surface area contributed by atoms with Crippen LogP contribution in [0.15, 0.2) is 52.3 Å². The molecule has 0 spiro atoms. The summed E-state index contributed by atoms with van der Waals surface area (Å²) >= 11 is 0. The van der Waals surface area contributed by atoms with Gasteiger partial charge >= 0.3 is 0 Å². The zero-order chi connectivity index (χ0) is 21.1. The summed E-state index contributed by atoms with van der Waals surface area (Å²) in [4.78, 5) is -0.0447. The zero-order valence-corrected chi connectivity index (χ0v) is 17.6.